The minimum Gasteiger partial charge on any atom is -0.451 e. The first-order valence-corrected chi connectivity index (χ1v) is 10.2. The second-order valence-corrected chi connectivity index (χ2v) is 7.88. The highest BCUT2D eigenvalue weighted by molar-refractivity contribution is 9.10. The Labute approximate surface area is 168 Å². The zero-order valence-corrected chi connectivity index (χ0v) is 17.5. The van der Waals surface area contributed by atoms with Crippen LogP contribution >= 0.6 is 15.9 Å². The van der Waals surface area contributed by atoms with Crippen molar-refractivity contribution < 1.29 is 4.74 Å². The molecule has 146 valence electrons. The fourth-order valence-electron chi connectivity index (χ4n) is 3.17. The molecule has 2 aromatic rings. The van der Waals surface area contributed by atoms with Gasteiger partial charge in [0.2, 0.25) is 5.95 Å². The minimum absolute atomic E-state index is 0.225. The molecule has 0 amide bonds. The summed E-state index contributed by atoms with van der Waals surface area (Å²) in [6.45, 7) is 8.30. The zero-order valence-electron chi connectivity index (χ0n) is 15.9. The number of nitrogens with zero attached hydrogens (tertiary/aromatic N) is 4. The second-order valence-electron chi connectivity index (χ2n) is 7.07. The van der Waals surface area contributed by atoms with E-state index in [1.807, 2.05) is 12.3 Å². The van der Waals surface area contributed by atoms with Gasteiger partial charge in [0.25, 0.3) is 0 Å². The third-order valence-electron chi connectivity index (χ3n) is 4.65. The number of piperidine rings is 1. The highest BCUT2D eigenvalue weighted by atomic mass is 79.9. The van der Waals surface area contributed by atoms with Crippen LogP contribution < -0.4 is 15.8 Å². The molecule has 0 unspecified atom stereocenters. The number of hydrogen-bond donors (Lipinski definition) is 2. The van der Waals surface area contributed by atoms with Crippen molar-refractivity contribution in [3.63, 3.8) is 0 Å². The molecule has 0 bridgehead atoms. The number of hydrogen-bond acceptors (Lipinski definition) is 7. The van der Waals surface area contributed by atoms with Crippen LogP contribution in [0.2, 0.25) is 0 Å². The molecule has 8 heteroatoms. The van der Waals surface area contributed by atoms with E-state index in [4.69, 9.17) is 10.5 Å². The lowest BCUT2D eigenvalue weighted by atomic mass is 10.1. The number of nitrogens with two attached hydrogens (primary N) is 1. The molecule has 1 fully saturated rings. The van der Waals surface area contributed by atoms with E-state index in [1.165, 1.54) is 32.4 Å². The Balaban J connectivity index is 1.73. The molecule has 0 aromatic carbocycles. The van der Waals surface area contributed by atoms with Gasteiger partial charge in [-0.1, -0.05) is 20.3 Å². The highest BCUT2D eigenvalue weighted by Crippen LogP contribution is 2.34. The van der Waals surface area contributed by atoms with Crippen LogP contribution in [0.5, 0.6) is 11.5 Å². The van der Waals surface area contributed by atoms with Crippen LogP contribution in [0, 0.1) is 0 Å². The first-order chi connectivity index (χ1) is 13.0. The summed E-state index contributed by atoms with van der Waals surface area (Å²) >= 11 is 3.41. The Hall–Kier alpha value is -1.93. The third-order valence-corrected chi connectivity index (χ3v) is 5.08. The average molecular weight is 435 g/mol. The fourth-order valence-corrected chi connectivity index (χ4v) is 3.48. The molecule has 27 heavy (non-hydrogen) atoms. The van der Waals surface area contributed by atoms with Gasteiger partial charge in [-0.15, -0.1) is 0 Å². The molecule has 1 saturated heterocycles. The number of halogens is 1. The molecule has 0 spiro atoms. The van der Waals surface area contributed by atoms with E-state index >= 15 is 0 Å². The van der Waals surface area contributed by atoms with Gasteiger partial charge in [-0.2, -0.15) is 4.98 Å². The van der Waals surface area contributed by atoms with Crippen LogP contribution in [0.3, 0.4) is 0 Å². The monoisotopic (exact) mass is 434 g/mol. The van der Waals surface area contributed by atoms with E-state index in [0.717, 1.165) is 29.0 Å². The van der Waals surface area contributed by atoms with Gasteiger partial charge < -0.3 is 20.7 Å². The summed E-state index contributed by atoms with van der Waals surface area (Å²) in [5.41, 5.74) is 6.81. The lowest BCUT2D eigenvalue weighted by Gasteiger charge is -2.26. The van der Waals surface area contributed by atoms with Crippen molar-refractivity contribution in [1.29, 1.82) is 0 Å². The topological polar surface area (TPSA) is 89.2 Å². The van der Waals surface area contributed by atoms with Gasteiger partial charge in [-0.05, 0) is 47.8 Å². The van der Waals surface area contributed by atoms with Crippen molar-refractivity contribution in [3.05, 3.63) is 28.6 Å². The molecule has 0 aliphatic carbocycles. The smallest absolute Gasteiger partial charge is 0.222 e. The van der Waals surface area contributed by atoms with Crippen LogP contribution in [0.4, 0.5) is 11.8 Å². The van der Waals surface area contributed by atoms with Gasteiger partial charge in [-0.25, -0.2) is 9.97 Å². The van der Waals surface area contributed by atoms with Crippen LogP contribution in [0.15, 0.2) is 23.1 Å². The van der Waals surface area contributed by atoms with Crippen molar-refractivity contribution in [2.75, 3.05) is 37.2 Å². The van der Waals surface area contributed by atoms with E-state index in [0.29, 0.717) is 11.6 Å². The Bertz CT molecular complexity index is 764. The van der Waals surface area contributed by atoms with Crippen molar-refractivity contribution in [2.45, 2.75) is 39.0 Å². The van der Waals surface area contributed by atoms with Gasteiger partial charge in [0.15, 0.2) is 11.6 Å². The van der Waals surface area contributed by atoms with E-state index in [2.05, 4.69) is 54.9 Å². The summed E-state index contributed by atoms with van der Waals surface area (Å²) in [6.07, 6.45) is 7.34. The number of ether oxygens (including phenoxy) is 1. The number of likely N-dealkylation sites (tertiary alicyclic amines) is 1. The lowest BCUT2D eigenvalue weighted by Crippen LogP contribution is -2.33. The molecule has 3 rings (SSSR count). The van der Waals surface area contributed by atoms with E-state index in [1.54, 1.807) is 6.20 Å². The molecule has 0 saturated carbocycles. The first kappa shape index (κ1) is 19.8. The number of pyridine rings is 1. The maximum Gasteiger partial charge on any atom is 0.222 e. The summed E-state index contributed by atoms with van der Waals surface area (Å²) in [5.74, 6) is 2.41. The highest BCUT2D eigenvalue weighted by Gasteiger charge is 2.15. The van der Waals surface area contributed by atoms with E-state index < -0.39 is 0 Å². The molecule has 3 heterocycles. The maximum absolute atomic E-state index is 6.15. The predicted molar refractivity (Wildman–Crippen MR) is 111 cm³/mol. The number of aromatic nitrogens is 3. The first-order valence-electron chi connectivity index (χ1n) is 9.45. The Morgan fingerprint density at radius 1 is 1.19 bits per heavy atom. The molecule has 1 aliphatic heterocycles. The largest absolute Gasteiger partial charge is 0.451 e. The number of anilines is 2. The van der Waals surface area contributed by atoms with Crippen molar-refractivity contribution in [2.24, 2.45) is 0 Å². The molecule has 7 nitrogen and oxygen atoms in total. The average Bonchev–Trinajstić information content (AvgIpc) is 2.64. The van der Waals surface area contributed by atoms with Crippen molar-refractivity contribution in [3.8, 4) is 11.5 Å². The third kappa shape index (κ3) is 5.52. The molecule has 0 radical (unpaired) electrons. The second kappa shape index (κ2) is 9.32. The zero-order chi connectivity index (χ0) is 19.2. The lowest BCUT2D eigenvalue weighted by molar-refractivity contribution is 0.237. The maximum atomic E-state index is 6.15. The van der Waals surface area contributed by atoms with Gasteiger partial charge in [0.05, 0.1) is 6.20 Å². The van der Waals surface area contributed by atoms with Crippen molar-refractivity contribution in [1.82, 2.24) is 19.9 Å². The number of nitrogen functional groups attached to an aromatic ring is 1. The molecule has 3 N–H and O–H groups in total. The Morgan fingerprint density at radius 3 is 2.70 bits per heavy atom. The summed E-state index contributed by atoms with van der Waals surface area (Å²) in [6, 6.07) is 1.86. The molecular weight excluding hydrogens is 408 g/mol. The van der Waals surface area contributed by atoms with Crippen LogP contribution in [-0.2, 0) is 0 Å². The normalized spacial score (nSPS) is 15.1. The van der Waals surface area contributed by atoms with E-state index in [9.17, 15) is 0 Å². The van der Waals surface area contributed by atoms with Gasteiger partial charge in [0, 0.05) is 30.9 Å². The van der Waals surface area contributed by atoms with Gasteiger partial charge in [0.1, 0.15) is 10.4 Å². The quantitative estimate of drug-likeness (QED) is 0.635. The molecule has 1 aliphatic rings. The predicted octanol–water partition coefficient (Wildman–Crippen LogP) is 4.03. The van der Waals surface area contributed by atoms with E-state index in [-0.39, 0.29) is 11.9 Å². The molecular formula is C19H27BrN6O. The summed E-state index contributed by atoms with van der Waals surface area (Å²) in [5, 5.41) is 3.36. The van der Waals surface area contributed by atoms with Crippen LogP contribution in [0.1, 0.15) is 44.6 Å². The number of rotatable bonds is 7. The molecule has 0 atom stereocenters. The van der Waals surface area contributed by atoms with Crippen LogP contribution in [-0.4, -0.2) is 46.0 Å². The summed E-state index contributed by atoms with van der Waals surface area (Å²) in [4.78, 5) is 15.2. The molecule has 2 aromatic heterocycles. The minimum atomic E-state index is 0.225. The number of nitrogens with one attached hydrogen (secondary N) is 1. The van der Waals surface area contributed by atoms with Crippen molar-refractivity contribution >= 4 is 27.7 Å². The summed E-state index contributed by atoms with van der Waals surface area (Å²) in [7, 11) is 0. The Morgan fingerprint density at radius 2 is 1.96 bits per heavy atom. The van der Waals surface area contributed by atoms with Gasteiger partial charge >= 0.3 is 0 Å². The fraction of sp³-hybridized carbons (Fsp3) is 0.526. The Kier molecular flexibility index (Phi) is 6.84. The SMILES string of the molecule is CC(C)c1cnc(Br)cc1Oc1cnc(N)nc1NCCN1CCCCC1. The van der Waals surface area contributed by atoms with Crippen LogP contribution in [0.25, 0.3) is 0 Å². The standard InChI is InChI=1S/C19H27BrN6O/c1-13(2)14-11-23-17(20)10-15(14)27-16-12-24-19(21)25-18(16)22-6-9-26-7-4-3-5-8-26/h10-13H,3-9H2,1-2H3,(H3,21,22,24,25). The summed E-state index contributed by atoms with van der Waals surface area (Å²) < 4.78 is 6.87. The van der Waals surface area contributed by atoms with Gasteiger partial charge in [-0.3, -0.25) is 0 Å².